The summed E-state index contributed by atoms with van der Waals surface area (Å²) in [6.07, 6.45) is 2.75. The Kier molecular flexibility index (Phi) is 18.2. The molecule has 462 valence electrons. The molecule has 3 fully saturated rings. The molecule has 0 spiro atoms. The molecule has 88 heavy (non-hydrogen) atoms. The zero-order valence-corrected chi connectivity index (χ0v) is 52.7. The lowest BCUT2D eigenvalue weighted by Crippen LogP contribution is -2.35. The zero-order chi connectivity index (χ0) is 62.7. The van der Waals surface area contributed by atoms with Gasteiger partial charge in [-0.25, -0.2) is 28.5 Å². The SMILES string of the molecule is COc1ccc(-c2c(C)nc3c(N4CC[C@@H](NC(C)=O)C4)cc(C)nn23)cc1.COc1ccc(-c2c(C)nc3c(N4CC[C@@H](NC(C)=O)C4)cc(C)nn23)cc1OC.COc1ccc(-c2c(C)nc3c(N4CC[C@H](NC(C)=O)C4)cc(C)nn23)cc1OC. The van der Waals surface area contributed by atoms with E-state index in [9.17, 15) is 14.4 Å². The van der Waals surface area contributed by atoms with Gasteiger partial charge in [0.2, 0.25) is 17.7 Å². The molecular formula is C65H79N15O8. The quantitative estimate of drug-likeness (QED) is 0.0930. The number of rotatable bonds is 14. The van der Waals surface area contributed by atoms with Gasteiger partial charge in [0, 0.05) is 94.9 Å². The number of fused-ring (bicyclic) bond motifs is 3. The number of anilines is 3. The van der Waals surface area contributed by atoms with Crippen LogP contribution in [0, 0.1) is 41.5 Å². The number of benzene rings is 3. The van der Waals surface area contributed by atoms with Gasteiger partial charge in [0.25, 0.3) is 0 Å². The van der Waals surface area contributed by atoms with Crippen LogP contribution in [0.2, 0.25) is 0 Å². The molecule has 0 aliphatic carbocycles. The monoisotopic (exact) mass is 1200 g/mol. The molecule has 3 atom stereocenters. The van der Waals surface area contributed by atoms with E-state index >= 15 is 0 Å². The minimum absolute atomic E-state index is 0.00491. The lowest BCUT2D eigenvalue weighted by Gasteiger charge is -2.20. The number of methoxy groups -OCH3 is 5. The highest BCUT2D eigenvalue weighted by Crippen LogP contribution is 2.39. The van der Waals surface area contributed by atoms with E-state index in [1.807, 2.05) is 116 Å². The Morgan fingerprint density at radius 1 is 0.409 bits per heavy atom. The van der Waals surface area contributed by atoms with E-state index in [4.69, 9.17) is 53.9 Å². The van der Waals surface area contributed by atoms with Crippen molar-refractivity contribution in [1.82, 2.24) is 59.7 Å². The molecule has 23 heteroatoms. The van der Waals surface area contributed by atoms with E-state index in [0.29, 0.717) is 23.0 Å². The van der Waals surface area contributed by atoms with E-state index in [1.54, 1.807) is 56.3 Å². The summed E-state index contributed by atoms with van der Waals surface area (Å²) < 4.78 is 32.7. The normalized spacial score (nSPS) is 16.3. The maximum Gasteiger partial charge on any atom is 0.217 e. The number of amides is 3. The number of aromatic nitrogens is 9. The molecule has 9 heterocycles. The molecule has 6 aromatic heterocycles. The van der Waals surface area contributed by atoms with Crippen LogP contribution >= 0.6 is 0 Å². The van der Waals surface area contributed by atoms with Crippen molar-refractivity contribution in [3.05, 3.63) is 113 Å². The molecule has 0 radical (unpaired) electrons. The van der Waals surface area contributed by atoms with Crippen LogP contribution in [-0.2, 0) is 14.4 Å². The van der Waals surface area contributed by atoms with E-state index < -0.39 is 0 Å². The molecule has 0 unspecified atom stereocenters. The van der Waals surface area contributed by atoms with E-state index in [1.165, 1.54) is 0 Å². The first kappa shape index (κ1) is 61.4. The molecule has 3 aliphatic rings. The first-order valence-electron chi connectivity index (χ1n) is 29.5. The maximum atomic E-state index is 11.4. The van der Waals surface area contributed by atoms with Crippen LogP contribution in [0.15, 0.2) is 78.9 Å². The summed E-state index contributed by atoms with van der Waals surface area (Å²) >= 11 is 0. The van der Waals surface area contributed by atoms with E-state index in [-0.39, 0.29) is 35.8 Å². The molecule has 3 saturated heterocycles. The van der Waals surface area contributed by atoms with Gasteiger partial charge in [0.15, 0.2) is 39.9 Å². The van der Waals surface area contributed by atoms with Crippen molar-refractivity contribution in [1.29, 1.82) is 0 Å². The van der Waals surface area contributed by atoms with Gasteiger partial charge < -0.3 is 54.3 Å². The molecule has 3 amide bonds. The number of carbonyl (C=O) groups is 3. The first-order chi connectivity index (χ1) is 42.3. The molecule has 12 rings (SSSR count). The summed E-state index contributed by atoms with van der Waals surface area (Å²) in [5.41, 5.74) is 16.8. The number of carbonyl (C=O) groups excluding carboxylic acids is 3. The van der Waals surface area contributed by atoms with Crippen molar-refractivity contribution in [2.45, 2.75) is 99.7 Å². The van der Waals surface area contributed by atoms with Crippen LogP contribution in [-0.4, -0.2) is 154 Å². The largest absolute Gasteiger partial charge is 0.497 e. The van der Waals surface area contributed by atoms with Gasteiger partial charge in [-0.1, -0.05) is 0 Å². The third kappa shape index (κ3) is 12.9. The zero-order valence-electron chi connectivity index (χ0n) is 52.7. The predicted octanol–water partition coefficient (Wildman–Crippen LogP) is 8.23. The second kappa shape index (κ2) is 26.1. The Bertz CT molecular complexity index is 3890. The fourth-order valence-electron chi connectivity index (χ4n) is 12.3. The van der Waals surface area contributed by atoms with Crippen molar-refractivity contribution in [2.24, 2.45) is 0 Å². The summed E-state index contributed by atoms with van der Waals surface area (Å²) in [5, 5.41) is 23.3. The Labute approximate surface area is 512 Å². The summed E-state index contributed by atoms with van der Waals surface area (Å²) in [7, 11) is 8.16. The predicted molar refractivity (Wildman–Crippen MR) is 340 cm³/mol. The number of ether oxygens (including phenoxy) is 5. The van der Waals surface area contributed by atoms with Crippen LogP contribution < -0.4 is 54.3 Å². The van der Waals surface area contributed by atoms with Gasteiger partial charge >= 0.3 is 0 Å². The number of imidazole rings is 3. The third-order valence-corrected chi connectivity index (χ3v) is 16.1. The van der Waals surface area contributed by atoms with Crippen molar-refractivity contribution >= 4 is 51.7 Å². The number of hydrogen-bond acceptors (Lipinski definition) is 17. The van der Waals surface area contributed by atoms with E-state index in [2.05, 4.69) is 48.8 Å². The number of nitrogens with one attached hydrogen (secondary N) is 3. The molecule has 3 N–H and O–H groups in total. The fourth-order valence-corrected chi connectivity index (χ4v) is 12.3. The number of hydrogen-bond donors (Lipinski definition) is 3. The van der Waals surface area contributed by atoms with Gasteiger partial charge in [-0.3, -0.25) is 14.4 Å². The van der Waals surface area contributed by atoms with Crippen LogP contribution in [0.3, 0.4) is 0 Å². The first-order valence-corrected chi connectivity index (χ1v) is 29.5. The van der Waals surface area contributed by atoms with Crippen molar-refractivity contribution in [3.63, 3.8) is 0 Å². The summed E-state index contributed by atoms with van der Waals surface area (Å²) in [5.74, 6) is 3.53. The minimum atomic E-state index is 0.00491. The molecular weight excluding hydrogens is 1120 g/mol. The summed E-state index contributed by atoms with van der Waals surface area (Å²) in [6.45, 7) is 21.6. The summed E-state index contributed by atoms with van der Waals surface area (Å²) in [6, 6.07) is 26.3. The Morgan fingerprint density at radius 2 is 0.716 bits per heavy atom. The molecule has 0 bridgehead atoms. The molecule has 23 nitrogen and oxygen atoms in total. The highest BCUT2D eigenvalue weighted by Gasteiger charge is 2.31. The second-order valence-corrected chi connectivity index (χ2v) is 22.6. The van der Waals surface area contributed by atoms with Crippen LogP contribution in [0.4, 0.5) is 17.1 Å². The number of nitrogens with zero attached hydrogens (tertiary/aromatic N) is 12. The van der Waals surface area contributed by atoms with Crippen molar-refractivity contribution in [3.8, 4) is 62.5 Å². The van der Waals surface area contributed by atoms with Gasteiger partial charge in [-0.2, -0.15) is 15.3 Å². The van der Waals surface area contributed by atoms with Crippen LogP contribution in [0.25, 0.3) is 50.7 Å². The summed E-state index contributed by atoms with van der Waals surface area (Å²) in [4.78, 5) is 55.7. The smallest absolute Gasteiger partial charge is 0.217 e. The standard InChI is InChI=1S/2C22H27N5O3.C21H25N5O2/c2*1-13-10-18(26-9-8-17(12-26)24-15(3)28)22-23-14(2)21(27(22)25-13)16-6-7-19(29-4)20(11-16)30-5;1-13-11-19(25-10-9-17(12-25)23-15(3)27)21-22-14(2)20(26(21)24-13)16-5-7-18(28-4)8-6-16/h2*6-7,10-11,17H,8-9,12H2,1-5H3,(H,24,28);5-8,11,17H,9-10,12H2,1-4H3,(H,23,27)/t3*17-/m101/s1. The van der Waals surface area contributed by atoms with Crippen molar-refractivity contribution in [2.75, 3.05) is 89.5 Å². The Balaban J connectivity index is 0.000000146. The average molecular weight is 1200 g/mol. The van der Waals surface area contributed by atoms with Gasteiger partial charge in [0.05, 0.1) is 104 Å². The Morgan fingerprint density at radius 3 is 1.01 bits per heavy atom. The van der Waals surface area contributed by atoms with Gasteiger partial charge in [-0.15, -0.1) is 0 Å². The fraction of sp³-hybridized carbons (Fsp3) is 0.400. The molecule has 3 aromatic carbocycles. The highest BCUT2D eigenvalue weighted by molar-refractivity contribution is 5.81. The molecule has 3 aliphatic heterocycles. The second-order valence-electron chi connectivity index (χ2n) is 22.6. The average Bonchev–Trinajstić information content (AvgIpc) is 2.58. The minimum Gasteiger partial charge on any atom is -0.497 e. The topological polar surface area (TPSA) is 234 Å². The Hall–Kier alpha value is -9.67. The van der Waals surface area contributed by atoms with Gasteiger partial charge in [-0.05, 0) is 140 Å². The van der Waals surface area contributed by atoms with Crippen LogP contribution in [0.5, 0.6) is 28.7 Å². The van der Waals surface area contributed by atoms with Crippen molar-refractivity contribution < 1.29 is 38.1 Å². The maximum absolute atomic E-state index is 11.4. The number of aryl methyl sites for hydroxylation is 6. The molecule has 0 saturated carbocycles. The lowest BCUT2D eigenvalue weighted by atomic mass is 10.1. The van der Waals surface area contributed by atoms with E-state index in [0.717, 1.165) is 166 Å². The highest BCUT2D eigenvalue weighted by atomic mass is 16.5. The molecule has 9 aromatic rings. The van der Waals surface area contributed by atoms with Gasteiger partial charge in [0.1, 0.15) is 5.75 Å². The van der Waals surface area contributed by atoms with Crippen LogP contribution in [0.1, 0.15) is 74.2 Å². The third-order valence-electron chi connectivity index (χ3n) is 16.1. The lowest BCUT2D eigenvalue weighted by molar-refractivity contribution is -0.120.